The van der Waals surface area contributed by atoms with E-state index in [0.29, 0.717) is 6.04 Å². The summed E-state index contributed by atoms with van der Waals surface area (Å²) in [6.45, 7) is 7.93. The molecule has 1 aromatic rings. The molecule has 0 unspecified atom stereocenters. The second kappa shape index (κ2) is 6.40. The third-order valence-corrected chi connectivity index (χ3v) is 4.82. The van der Waals surface area contributed by atoms with Crippen LogP contribution < -0.4 is 5.32 Å². The zero-order valence-electron chi connectivity index (χ0n) is 11.0. The van der Waals surface area contributed by atoms with Gasteiger partial charge in [-0.1, -0.05) is 6.92 Å². The maximum Gasteiger partial charge on any atom is 0.0631 e. The first-order valence-electron chi connectivity index (χ1n) is 6.54. The van der Waals surface area contributed by atoms with Crippen molar-refractivity contribution in [2.45, 2.75) is 32.7 Å². The van der Waals surface area contributed by atoms with E-state index >= 15 is 0 Å². The van der Waals surface area contributed by atoms with Crippen molar-refractivity contribution in [3.8, 4) is 0 Å². The number of piperidine rings is 1. The van der Waals surface area contributed by atoms with Crippen LogP contribution in [0.15, 0.2) is 21.1 Å². The summed E-state index contributed by atoms with van der Waals surface area (Å²) in [7, 11) is 0. The Bertz CT molecular complexity index is 389. The average molecular weight is 376 g/mol. The third kappa shape index (κ3) is 3.49. The number of halogens is 2. The van der Waals surface area contributed by atoms with Gasteiger partial charge in [0.1, 0.15) is 0 Å². The van der Waals surface area contributed by atoms with Crippen LogP contribution in [-0.2, 0) is 0 Å². The van der Waals surface area contributed by atoms with Gasteiger partial charge in [0.2, 0.25) is 0 Å². The molecule has 2 nitrogen and oxygen atoms in total. The van der Waals surface area contributed by atoms with E-state index in [-0.39, 0.29) is 0 Å². The molecule has 4 heteroatoms. The molecular formula is C14H20Br2N2. The highest BCUT2D eigenvalue weighted by atomic mass is 79.9. The van der Waals surface area contributed by atoms with E-state index in [0.717, 1.165) is 8.95 Å². The minimum absolute atomic E-state index is 0.586. The molecule has 0 aliphatic carbocycles. The average Bonchev–Trinajstić information content (AvgIpc) is 2.34. The zero-order chi connectivity index (χ0) is 13.1. The summed E-state index contributed by atoms with van der Waals surface area (Å²) < 4.78 is 2.29. The Labute approximate surface area is 126 Å². The number of nitrogens with zero attached hydrogens (tertiary/aromatic N) is 1. The van der Waals surface area contributed by atoms with Crippen molar-refractivity contribution >= 4 is 37.5 Å². The van der Waals surface area contributed by atoms with Gasteiger partial charge in [-0.15, -0.1) is 0 Å². The van der Waals surface area contributed by atoms with Gasteiger partial charge in [-0.05, 0) is 75.9 Å². The fraction of sp³-hybridized carbons (Fsp3) is 0.571. The van der Waals surface area contributed by atoms with Crippen molar-refractivity contribution in [1.29, 1.82) is 0 Å². The van der Waals surface area contributed by atoms with Crippen LogP contribution in [0.1, 0.15) is 25.3 Å². The predicted molar refractivity (Wildman–Crippen MR) is 85.3 cm³/mol. The van der Waals surface area contributed by atoms with E-state index < -0.39 is 0 Å². The van der Waals surface area contributed by atoms with Gasteiger partial charge in [0.05, 0.1) is 5.69 Å². The lowest BCUT2D eigenvalue weighted by Gasteiger charge is -2.32. The fourth-order valence-corrected chi connectivity index (χ4v) is 4.08. The highest BCUT2D eigenvalue weighted by molar-refractivity contribution is 9.11. The summed E-state index contributed by atoms with van der Waals surface area (Å²) in [6, 6.07) is 4.91. The van der Waals surface area contributed by atoms with Gasteiger partial charge in [-0.3, -0.25) is 0 Å². The number of hydrogen-bond acceptors (Lipinski definition) is 2. The lowest BCUT2D eigenvalue weighted by Crippen LogP contribution is -2.38. The van der Waals surface area contributed by atoms with Gasteiger partial charge >= 0.3 is 0 Å². The first-order valence-corrected chi connectivity index (χ1v) is 8.13. The van der Waals surface area contributed by atoms with Gasteiger partial charge < -0.3 is 10.2 Å². The number of hydrogen-bond donors (Lipinski definition) is 1. The lowest BCUT2D eigenvalue weighted by molar-refractivity contribution is 0.229. The Hall–Kier alpha value is -0.0600. The Balaban J connectivity index is 2.02. The number of likely N-dealkylation sites (tertiary alicyclic amines) is 1. The maximum absolute atomic E-state index is 3.67. The van der Waals surface area contributed by atoms with Crippen molar-refractivity contribution < 1.29 is 0 Å². The molecule has 0 atom stereocenters. The molecule has 0 amide bonds. The molecule has 1 aliphatic heterocycles. The molecule has 0 radical (unpaired) electrons. The van der Waals surface area contributed by atoms with Crippen molar-refractivity contribution in [3.63, 3.8) is 0 Å². The molecule has 2 rings (SSSR count). The first kappa shape index (κ1) is 14.4. The van der Waals surface area contributed by atoms with Crippen molar-refractivity contribution in [1.82, 2.24) is 4.90 Å². The van der Waals surface area contributed by atoms with Gasteiger partial charge in [-0.2, -0.15) is 0 Å². The van der Waals surface area contributed by atoms with Crippen LogP contribution in [0.2, 0.25) is 0 Å². The minimum Gasteiger partial charge on any atom is -0.380 e. The molecule has 1 fully saturated rings. The molecule has 0 bridgehead atoms. The van der Waals surface area contributed by atoms with Crippen LogP contribution >= 0.6 is 31.9 Å². The first-order chi connectivity index (χ1) is 8.60. The predicted octanol–water partition coefficient (Wildman–Crippen LogP) is 4.42. The van der Waals surface area contributed by atoms with Crippen molar-refractivity contribution in [2.75, 3.05) is 25.0 Å². The standard InChI is InChI=1S/C14H20Br2N2/c1-3-18-6-4-11(5-7-18)17-14-12(15)8-10(2)9-13(14)16/h8-9,11,17H,3-7H2,1-2H3. The van der Waals surface area contributed by atoms with E-state index in [1.54, 1.807) is 0 Å². The van der Waals surface area contributed by atoms with E-state index in [2.05, 4.69) is 68.1 Å². The van der Waals surface area contributed by atoms with Gasteiger partial charge in [0.15, 0.2) is 0 Å². The molecule has 1 saturated heterocycles. The summed E-state index contributed by atoms with van der Waals surface area (Å²) in [6.07, 6.45) is 2.45. The van der Waals surface area contributed by atoms with Crippen molar-refractivity contribution in [3.05, 3.63) is 26.6 Å². The monoisotopic (exact) mass is 374 g/mol. The van der Waals surface area contributed by atoms with Crippen LogP contribution in [-0.4, -0.2) is 30.6 Å². The Morgan fingerprint density at radius 3 is 2.28 bits per heavy atom. The Morgan fingerprint density at radius 2 is 1.78 bits per heavy atom. The Kier molecular flexibility index (Phi) is 5.10. The molecule has 0 saturated carbocycles. The van der Waals surface area contributed by atoms with E-state index in [1.165, 1.54) is 43.7 Å². The summed E-state index contributed by atoms with van der Waals surface area (Å²) in [5.74, 6) is 0. The number of aryl methyl sites for hydroxylation is 1. The number of nitrogens with one attached hydrogen (secondary N) is 1. The smallest absolute Gasteiger partial charge is 0.0631 e. The molecule has 1 N–H and O–H groups in total. The van der Waals surface area contributed by atoms with Crippen LogP contribution in [0, 0.1) is 6.92 Å². The Morgan fingerprint density at radius 1 is 1.22 bits per heavy atom. The van der Waals surface area contributed by atoms with Crippen molar-refractivity contribution in [2.24, 2.45) is 0 Å². The van der Waals surface area contributed by atoms with Crippen LogP contribution in [0.4, 0.5) is 5.69 Å². The molecule has 0 spiro atoms. The third-order valence-electron chi connectivity index (χ3n) is 3.57. The normalized spacial score (nSPS) is 18.0. The molecule has 1 heterocycles. The highest BCUT2D eigenvalue weighted by Crippen LogP contribution is 2.33. The van der Waals surface area contributed by atoms with E-state index in [1.807, 2.05) is 0 Å². The van der Waals surface area contributed by atoms with Gasteiger partial charge in [0.25, 0.3) is 0 Å². The fourth-order valence-electron chi connectivity index (χ4n) is 2.44. The quantitative estimate of drug-likeness (QED) is 0.841. The topological polar surface area (TPSA) is 15.3 Å². The molecule has 1 aromatic carbocycles. The summed E-state index contributed by atoms with van der Waals surface area (Å²) in [5, 5.41) is 3.67. The highest BCUT2D eigenvalue weighted by Gasteiger charge is 2.19. The van der Waals surface area contributed by atoms with Crippen LogP contribution in [0.5, 0.6) is 0 Å². The zero-order valence-corrected chi connectivity index (χ0v) is 14.1. The molecule has 1 aliphatic rings. The molecular weight excluding hydrogens is 356 g/mol. The molecule has 18 heavy (non-hydrogen) atoms. The second-order valence-electron chi connectivity index (χ2n) is 4.96. The van der Waals surface area contributed by atoms with Crippen LogP contribution in [0.25, 0.3) is 0 Å². The number of anilines is 1. The lowest BCUT2D eigenvalue weighted by atomic mass is 10.0. The van der Waals surface area contributed by atoms with Crippen LogP contribution in [0.3, 0.4) is 0 Å². The number of rotatable bonds is 3. The largest absolute Gasteiger partial charge is 0.380 e. The van der Waals surface area contributed by atoms with Gasteiger partial charge in [-0.25, -0.2) is 0 Å². The number of benzene rings is 1. The minimum atomic E-state index is 0.586. The molecule has 0 aromatic heterocycles. The SMILES string of the molecule is CCN1CCC(Nc2c(Br)cc(C)cc2Br)CC1. The van der Waals surface area contributed by atoms with E-state index in [4.69, 9.17) is 0 Å². The van der Waals surface area contributed by atoms with E-state index in [9.17, 15) is 0 Å². The maximum atomic E-state index is 3.67. The second-order valence-corrected chi connectivity index (χ2v) is 6.67. The summed E-state index contributed by atoms with van der Waals surface area (Å²) >= 11 is 7.29. The molecule has 100 valence electrons. The summed E-state index contributed by atoms with van der Waals surface area (Å²) in [5.41, 5.74) is 2.45. The van der Waals surface area contributed by atoms with Gasteiger partial charge in [0, 0.05) is 28.1 Å². The summed E-state index contributed by atoms with van der Waals surface area (Å²) in [4.78, 5) is 2.51.